The number of benzene rings is 1. The Hall–Kier alpha value is -2.73. The third kappa shape index (κ3) is 5.69. The SMILES string of the molecule is C=C(C)C(C=C(C)C)=Nc1nc(Cl)nc(Nc2ccc(OC)cc2)n1. The Bertz CT molecular complexity index is 824. The molecule has 0 unspecified atom stereocenters. The molecule has 1 heterocycles. The number of ether oxygens (including phenoxy) is 1. The van der Waals surface area contributed by atoms with Crippen molar-refractivity contribution in [1.29, 1.82) is 0 Å². The molecule has 1 aromatic heterocycles. The lowest BCUT2D eigenvalue weighted by atomic mass is 10.1. The van der Waals surface area contributed by atoms with Gasteiger partial charge in [0, 0.05) is 5.69 Å². The van der Waals surface area contributed by atoms with Crippen molar-refractivity contribution in [1.82, 2.24) is 15.0 Å². The van der Waals surface area contributed by atoms with Gasteiger partial charge in [0.15, 0.2) is 0 Å². The van der Waals surface area contributed by atoms with Crippen LogP contribution in [0, 0.1) is 0 Å². The molecule has 0 amide bonds. The molecule has 0 fully saturated rings. The lowest BCUT2D eigenvalue weighted by Gasteiger charge is -2.07. The van der Waals surface area contributed by atoms with Gasteiger partial charge in [0.05, 0.1) is 12.8 Å². The van der Waals surface area contributed by atoms with E-state index in [1.54, 1.807) is 7.11 Å². The summed E-state index contributed by atoms with van der Waals surface area (Å²) < 4.78 is 5.13. The minimum atomic E-state index is 0.0584. The number of nitrogens with one attached hydrogen (secondary N) is 1. The molecular weight excluding hydrogens is 338 g/mol. The van der Waals surface area contributed by atoms with Crippen LogP contribution in [0.3, 0.4) is 0 Å². The molecule has 6 nitrogen and oxygen atoms in total. The van der Waals surface area contributed by atoms with E-state index in [0.29, 0.717) is 11.7 Å². The molecule has 7 heteroatoms. The summed E-state index contributed by atoms with van der Waals surface area (Å²) >= 11 is 6.00. The van der Waals surface area contributed by atoms with Crippen molar-refractivity contribution in [2.45, 2.75) is 20.8 Å². The van der Waals surface area contributed by atoms with Crippen molar-refractivity contribution >= 4 is 34.9 Å². The number of aliphatic imine (C=N–C) groups is 1. The zero-order chi connectivity index (χ0) is 18.4. The Morgan fingerprint density at radius 2 is 1.84 bits per heavy atom. The summed E-state index contributed by atoms with van der Waals surface area (Å²) in [7, 11) is 1.62. The van der Waals surface area contributed by atoms with E-state index < -0.39 is 0 Å². The third-order valence-corrected chi connectivity index (χ3v) is 3.19. The van der Waals surface area contributed by atoms with Crippen molar-refractivity contribution < 1.29 is 4.74 Å². The van der Waals surface area contributed by atoms with Crippen LogP contribution in [-0.4, -0.2) is 27.8 Å². The van der Waals surface area contributed by atoms with Gasteiger partial charge in [0.1, 0.15) is 5.75 Å². The Balaban J connectivity index is 2.32. The fraction of sp³-hybridized carbons (Fsp3) is 0.222. The quantitative estimate of drug-likeness (QED) is 0.745. The fourth-order valence-corrected chi connectivity index (χ4v) is 2.04. The number of rotatable bonds is 6. The van der Waals surface area contributed by atoms with Gasteiger partial charge >= 0.3 is 0 Å². The van der Waals surface area contributed by atoms with E-state index in [4.69, 9.17) is 16.3 Å². The Kier molecular flexibility index (Phi) is 6.25. The zero-order valence-corrected chi connectivity index (χ0v) is 15.4. The topological polar surface area (TPSA) is 72.3 Å². The smallest absolute Gasteiger partial charge is 0.256 e. The summed E-state index contributed by atoms with van der Waals surface area (Å²) in [5.74, 6) is 1.28. The summed E-state index contributed by atoms with van der Waals surface area (Å²) in [5.41, 5.74) is 3.39. The monoisotopic (exact) mass is 357 g/mol. The first-order valence-corrected chi connectivity index (χ1v) is 7.97. The van der Waals surface area contributed by atoms with E-state index in [2.05, 4.69) is 31.8 Å². The molecule has 0 saturated carbocycles. The molecule has 1 N–H and O–H groups in total. The van der Waals surface area contributed by atoms with Crippen LogP contribution in [0.15, 0.2) is 53.1 Å². The summed E-state index contributed by atoms with van der Waals surface area (Å²) in [4.78, 5) is 16.9. The molecule has 0 bridgehead atoms. The van der Waals surface area contributed by atoms with E-state index in [0.717, 1.165) is 22.6 Å². The average Bonchev–Trinajstić information content (AvgIpc) is 2.54. The van der Waals surface area contributed by atoms with Gasteiger partial charge in [-0.3, -0.25) is 0 Å². The normalized spacial score (nSPS) is 11.0. The van der Waals surface area contributed by atoms with E-state index in [1.807, 2.05) is 51.1 Å². The number of nitrogens with zero attached hydrogens (tertiary/aromatic N) is 4. The summed E-state index contributed by atoms with van der Waals surface area (Å²) in [5, 5.41) is 3.13. The lowest BCUT2D eigenvalue weighted by molar-refractivity contribution is 0.415. The maximum absolute atomic E-state index is 6.00. The van der Waals surface area contributed by atoms with Gasteiger partial charge in [-0.15, -0.1) is 0 Å². The van der Waals surface area contributed by atoms with Gasteiger partial charge in [-0.05, 0) is 68.3 Å². The first-order chi connectivity index (χ1) is 11.9. The van der Waals surface area contributed by atoms with Gasteiger partial charge in [0.25, 0.3) is 5.95 Å². The second-order valence-corrected chi connectivity index (χ2v) is 5.92. The predicted molar refractivity (Wildman–Crippen MR) is 102 cm³/mol. The number of methoxy groups -OCH3 is 1. The van der Waals surface area contributed by atoms with Crippen molar-refractivity contribution in [3.63, 3.8) is 0 Å². The number of anilines is 2. The van der Waals surface area contributed by atoms with Crippen molar-refractivity contribution in [2.24, 2.45) is 4.99 Å². The maximum atomic E-state index is 6.00. The molecule has 2 rings (SSSR count). The molecule has 0 aliphatic rings. The summed E-state index contributed by atoms with van der Waals surface area (Å²) in [6.07, 6.45) is 1.91. The number of halogens is 1. The van der Waals surface area contributed by atoms with Gasteiger partial charge in [-0.1, -0.05) is 12.2 Å². The van der Waals surface area contributed by atoms with Gasteiger partial charge in [0.2, 0.25) is 11.2 Å². The van der Waals surface area contributed by atoms with Gasteiger partial charge in [-0.2, -0.15) is 15.0 Å². The van der Waals surface area contributed by atoms with Crippen molar-refractivity contribution in [2.75, 3.05) is 12.4 Å². The molecule has 0 aliphatic carbocycles. The maximum Gasteiger partial charge on any atom is 0.256 e. The van der Waals surface area contributed by atoms with Crippen LogP contribution in [0.25, 0.3) is 0 Å². The molecule has 0 radical (unpaired) electrons. The van der Waals surface area contributed by atoms with Crippen molar-refractivity contribution in [3.05, 3.63) is 53.4 Å². The zero-order valence-electron chi connectivity index (χ0n) is 14.7. The standard InChI is InChI=1S/C18H20ClN5O/c1-11(2)10-15(12(3)4)21-18-23-16(19)22-17(24-18)20-13-6-8-14(25-5)9-7-13/h6-10H,3H2,1-2,4-5H3,(H,20,22,23,24). The largest absolute Gasteiger partial charge is 0.497 e. The van der Waals surface area contributed by atoms with Crippen LogP contribution in [0.2, 0.25) is 5.28 Å². The highest BCUT2D eigenvalue weighted by molar-refractivity contribution is 6.28. The Labute approximate surface area is 152 Å². The minimum absolute atomic E-state index is 0.0584. The fourth-order valence-electron chi connectivity index (χ4n) is 1.88. The number of aromatic nitrogens is 3. The molecule has 0 aliphatic heterocycles. The average molecular weight is 358 g/mol. The van der Waals surface area contributed by atoms with Crippen LogP contribution < -0.4 is 10.1 Å². The molecule has 2 aromatic rings. The molecule has 0 atom stereocenters. The highest BCUT2D eigenvalue weighted by Gasteiger charge is 2.07. The molecule has 0 spiro atoms. The Morgan fingerprint density at radius 1 is 1.16 bits per heavy atom. The second kappa shape index (κ2) is 8.39. The number of allylic oxidation sites excluding steroid dienone is 3. The number of hydrogen-bond acceptors (Lipinski definition) is 6. The van der Waals surface area contributed by atoms with Crippen LogP contribution in [0.5, 0.6) is 5.75 Å². The summed E-state index contributed by atoms with van der Waals surface area (Å²) in [6, 6.07) is 7.36. The Morgan fingerprint density at radius 3 is 2.40 bits per heavy atom. The first kappa shape index (κ1) is 18.6. The highest BCUT2D eigenvalue weighted by Crippen LogP contribution is 2.20. The van der Waals surface area contributed by atoms with Gasteiger partial charge in [-0.25, -0.2) is 4.99 Å². The lowest BCUT2D eigenvalue weighted by Crippen LogP contribution is -2.01. The molecule has 1 aromatic carbocycles. The molecule has 25 heavy (non-hydrogen) atoms. The number of hydrogen-bond donors (Lipinski definition) is 1. The summed E-state index contributed by atoms with van der Waals surface area (Å²) in [6.45, 7) is 9.76. The minimum Gasteiger partial charge on any atom is -0.497 e. The molecular formula is C18H20ClN5O. The predicted octanol–water partition coefficient (Wildman–Crippen LogP) is 4.89. The van der Waals surface area contributed by atoms with E-state index in [9.17, 15) is 0 Å². The second-order valence-electron chi connectivity index (χ2n) is 5.58. The van der Waals surface area contributed by atoms with Crippen LogP contribution in [0.1, 0.15) is 20.8 Å². The van der Waals surface area contributed by atoms with Crippen LogP contribution in [-0.2, 0) is 0 Å². The van der Waals surface area contributed by atoms with Gasteiger partial charge < -0.3 is 10.1 Å². The molecule has 0 saturated heterocycles. The van der Waals surface area contributed by atoms with Crippen molar-refractivity contribution in [3.8, 4) is 5.75 Å². The van der Waals surface area contributed by atoms with E-state index >= 15 is 0 Å². The van der Waals surface area contributed by atoms with E-state index in [-0.39, 0.29) is 11.2 Å². The van der Waals surface area contributed by atoms with E-state index in [1.165, 1.54) is 0 Å². The highest BCUT2D eigenvalue weighted by atomic mass is 35.5. The first-order valence-electron chi connectivity index (χ1n) is 7.59. The van der Waals surface area contributed by atoms with Crippen LogP contribution >= 0.6 is 11.6 Å². The van der Waals surface area contributed by atoms with Crippen LogP contribution in [0.4, 0.5) is 17.6 Å². The molecule has 130 valence electrons. The third-order valence-electron chi connectivity index (χ3n) is 3.03.